The number of carbonyl (C=O) groups excluding carboxylic acids is 1. The molecule has 0 saturated carbocycles. The molecule has 4 nitrogen and oxygen atoms in total. The van der Waals surface area contributed by atoms with Gasteiger partial charge in [-0.2, -0.15) is 0 Å². The Labute approximate surface area is 83.3 Å². The van der Waals surface area contributed by atoms with E-state index in [2.05, 4.69) is 5.32 Å². The van der Waals surface area contributed by atoms with Gasteiger partial charge in [-0.25, -0.2) is 0 Å². The lowest BCUT2D eigenvalue weighted by atomic mass is 10.1. The predicted octanol–water partition coefficient (Wildman–Crippen LogP) is 0.863. The van der Waals surface area contributed by atoms with E-state index in [0.717, 1.165) is 11.3 Å². The van der Waals surface area contributed by atoms with Gasteiger partial charge in [-0.15, -0.1) is 0 Å². The number of benzene rings is 1. The largest absolute Gasteiger partial charge is 0.399 e. The summed E-state index contributed by atoms with van der Waals surface area (Å²) in [7, 11) is 0. The maximum atomic E-state index is 10.8. The Morgan fingerprint density at radius 3 is 2.71 bits per heavy atom. The van der Waals surface area contributed by atoms with E-state index in [-0.39, 0.29) is 5.91 Å². The maximum Gasteiger partial charge on any atom is 0.239 e. The molecule has 1 aromatic rings. The van der Waals surface area contributed by atoms with Crippen LogP contribution in [0, 0.1) is 6.92 Å². The minimum atomic E-state index is -0.393. The Balaban J connectivity index is 2.85. The molecule has 0 radical (unpaired) electrons. The third-order valence-electron chi connectivity index (χ3n) is 2.06. The lowest BCUT2D eigenvalue weighted by Crippen LogP contribution is -2.32. The highest BCUT2D eigenvalue weighted by Crippen LogP contribution is 2.18. The fraction of sp³-hybridized carbons (Fsp3) is 0.300. The molecule has 0 bridgehead atoms. The third kappa shape index (κ3) is 2.39. The van der Waals surface area contributed by atoms with Crippen molar-refractivity contribution in [3.8, 4) is 0 Å². The maximum absolute atomic E-state index is 10.8. The molecule has 5 N–H and O–H groups in total. The van der Waals surface area contributed by atoms with Gasteiger partial charge in [-0.1, -0.05) is 6.07 Å². The van der Waals surface area contributed by atoms with Gasteiger partial charge in [0.1, 0.15) is 6.04 Å². The van der Waals surface area contributed by atoms with Crippen LogP contribution >= 0.6 is 0 Å². The lowest BCUT2D eigenvalue weighted by Gasteiger charge is -2.14. The molecule has 14 heavy (non-hydrogen) atoms. The van der Waals surface area contributed by atoms with Gasteiger partial charge in [0.05, 0.1) is 0 Å². The molecule has 1 rings (SSSR count). The highest BCUT2D eigenvalue weighted by molar-refractivity contribution is 5.83. The summed E-state index contributed by atoms with van der Waals surface area (Å²) in [5.74, 6) is -0.383. The first-order chi connectivity index (χ1) is 6.50. The standard InChI is InChI=1S/C10H15N3O/c1-6-3-4-8(11)5-9(6)13-7(2)10(12)14/h3-5,7,13H,11H2,1-2H3,(H2,12,14). The summed E-state index contributed by atoms with van der Waals surface area (Å²) in [5.41, 5.74) is 13.3. The van der Waals surface area contributed by atoms with Crippen LogP contribution in [0.1, 0.15) is 12.5 Å². The summed E-state index contributed by atoms with van der Waals surface area (Å²) in [6.07, 6.45) is 0. The van der Waals surface area contributed by atoms with Crippen molar-refractivity contribution in [1.29, 1.82) is 0 Å². The summed E-state index contributed by atoms with van der Waals surface area (Å²) >= 11 is 0. The Morgan fingerprint density at radius 1 is 1.50 bits per heavy atom. The zero-order chi connectivity index (χ0) is 10.7. The average molecular weight is 193 g/mol. The van der Waals surface area contributed by atoms with Crippen LogP contribution in [0.15, 0.2) is 18.2 Å². The number of anilines is 2. The van der Waals surface area contributed by atoms with Crippen LogP contribution in [0.3, 0.4) is 0 Å². The van der Waals surface area contributed by atoms with E-state index in [4.69, 9.17) is 11.5 Å². The van der Waals surface area contributed by atoms with Crippen LogP contribution in [0.2, 0.25) is 0 Å². The van der Waals surface area contributed by atoms with E-state index < -0.39 is 6.04 Å². The number of amides is 1. The molecule has 1 aromatic carbocycles. The SMILES string of the molecule is Cc1ccc(N)cc1NC(C)C(N)=O. The van der Waals surface area contributed by atoms with Crippen molar-refractivity contribution in [1.82, 2.24) is 0 Å². The number of rotatable bonds is 3. The highest BCUT2D eigenvalue weighted by atomic mass is 16.1. The van der Waals surface area contributed by atoms with Gasteiger partial charge in [0, 0.05) is 11.4 Å². The second-order valence-corrected chi connectivity index (χ2v) is 3.34. The van der Waals surface area contributed by atoms with Crippen LogP contribution < -0.4 is 16.8 Å². The van der Waals surface area contributed by atoms with Gasteiger partial charge in [-0.05, 0) is 31.5 Å². The molecule has 1 atom stereocenters. The van der Waals surface area contributed by atoms with Gasteiger partial charge in [0.25, 0.3) is 0 Å². The van der Waals surface area contributed by atoms with E-state index in [1.807, 2.05) is 19.1 Å². The monoisotopic (exact) mass is 193 g/mol. The number of hydrogen-bond donors (Lipinski definition) is 3. The Kier molecular flexibility index (Phi) is 2.96. The fourth-order valence-corrected chi connectivity index (χ4v) is 1.10. The number of hydrogen-bond acceptors (Lipinski definition) is 3. The van der Waals surface area contributed by atoms with Crippen molar-refractivity contribution in [3.63, 3.8) is 0 Å². The smallest absolute Gasteiger partial charge is 0.239 e. The summed E-state index contributed by atoms with van der Waals surface area (Å²) in [4.78, 5) is 10.8. The molecule has 0 spiro atoms. The van der Waals surface area contributed by atoms with Crippen LogP contribution in [0.25, 0.3) is 0 Å². The average Bonchev–Trinajstić information content (AvgIpc) is 2.11. The molecule has 0 aliphatic heterocycles. The number of nitrogens with two attached hydrogens (primary N) is 2. The first-order valence-electron chi connectivity index (χ1n) is 4.42. The number of carbonyl (C=O) groups is 1. The molecule has 0 fully saturated rings. The Bertz CT molecular complexity index is 349. The zero-order valence-electron chi connectivity index (χ0n) is 8.37. The molecular formula is C10H15N3O. The van der Waals surface area contributed by atoms with Gasteiger partial charge in [-0.3, -0.25) is 4.79 Å². The van der Waals surface area contributed by atoms with Crippen molar-refractivity contribution < 1.29 is 4.79 Å². The summed E-state index contributed by atoms with van der Waals surface area (Å²) < 4.78 is 0. The lowest BCUT2D eigenvalue weighted by molar-refractivity contribution is -0.118. The van der Waals surface area contributed by atoms with Gasteiger partial charge in [0.15, 0.2) is 0 Å². The Morgan fingerprint density at radius 2 is 2.14 bits per heavy atom. The molecule has 1 unspecified atom stereocenters. The third-order valence-corrected chi connectivity index (χ3v) is 2.06. The molecule has 0 aromatic heterocycles. The van der Waals surface area contributed by atoms with Crippen LogP contribution in [0.5, 0.6) is 0 Å². The summed E-state index contributed by atoms with van der Waals surface area (Å²) in [6, 6.07) is 5.10. The second kappa shape index (κ2) is 4.00. The first kappa shape index (κ1) is 10.4. The number of aryl methyl sites for hydroxylation is 1. The molecule has 1 amide bonds. The first-order valence-corrected chi connectivity index (χ1v) is 4.42. The molecular weight excluding hydrogens is 178 g/mol. The number of primary amides is 1. The minimum absolute atomic E-state index is 0.383. The van der Waals surface area contributed by atoms with E-state index >= 15 is 0 Å². The van der Waals surface area contributed by atoms with Crippen LogP contribution in [-0.2, 0) is 4.79 Å². The van der Waals surface area contributed by atoms with Crippen molar-refractivity contribution in [2.75, 3.05) is 11.1 Å². The van der Waals surface area contributed by atoms with Crippen molar-refractivity contribution in [2.24, 2.45) is 5.73 Å². The molecule has 0 saturated heterocycles. The molecule has 0 aliphatic carbocycles. The summed E-state index contributed by atoms with van der Waals surface area (Å²) in [5, 5.41) is 3.00. The Hall–Kier alpha value is -1.71. The van der Waals surface area contributed by atoms with Crippen molar-refractivity contribution in [2.45, 2.75) is 19.9 Å². The molecule has 4 heteroatoms. The zero-order valence-corrected chi connectivity index (χ0v) is 8.37. The topological polar surface area (TPSA) is 81.1 Å². The number of nitrogen functional groups attached to an aromatic ring is 1. The highest BCUT2D eigenvalue weighted by Gasteiger charge is 2.09. The normalized spacial score (nSPS) is 12.1. The van der Waals surface area contributed by atoms with E-state index in [9.17, 15) is 4.79 Å². The molecule has 0 heterocycles. The predicted molar refractivity (Wildman–Crippen MR) is 57.9 cm³/mol. The van der Waals surface area contributed by atoms with Crippen LogP contribution in [-0.4, -0.2) is 11.9 Å². The van der Waals surface area contributed by atoms with Crippen molar-refractivity contribution >= 4 is 17.3 Å². The van der Waals surface area contributed by atoms with E-state index in [1.165, 1.54) is 0 Å². The van der Waals surface area contributed by atoms with Gasteiger partial charge >= 0.3 is 0 Å². The van der Waals surface area contributed by atoms with Gasteiger partial charge in [0.2, 0.25) is 5.91 Å². The molecule has 76 valence electrons. The van der Waals surface area contributed by atoms with E-state index in [0.29, 0.717) is 5.69 Å². The van der Waals surface area contributed by atoms with Crippen LogP contribution in [0.4, 0.5) is 11.4 Å². The van der Waals surface area contributed by atoms with Crippen molar-refractivity contribution in [3.05, 3.63) is 23.8 Å². The van der Waals surface area contributed by atoms with E-state index in [1.54, 1.807) is 13.0 Å². The van der Waals surface area contributed by atoms with Gasteiger partial charge < -0.3 is 16.8 Å². The second-order valence-electron chi connectivity index (χ2n) is 3.34. The minimum Gasteiger partial charge on any atom is -0.399 e. The summed E-state index contributed by atoms with van der Waals surface area (Å²) in [6.45, 7) is 3.65. The fourth-order valence-electron chi connectivity index (χ4n) is 1.10. The number of nitrogens with one attached hydrogen (secondary N) is 1. The quantitative estimate of drug-likeness (QED) is 0.623. The molecule has 0 aliphatic rings.